The molecule has 0 spiro atoms. The van der Waals surface area contributed by atoms with E-state index in [1.165, 1.54) is 22.0 Å². The molecule has 2 N–H and O–H groups in total. The van der Waals surface area contributed by atoms with Crippen LogP contribution in [0.15, 0.2) is 42.1 Å². The molecule has 4 nitrogen and oxygen atoms in total. The van der Waals surface area contributed by atoms with E-state index in [0.29, 0.717) is 6.04 Å². The predicted octanol–water partition coefficient (Wildman–Crippen LogP) is 3.00. The van der Waals surface area contributed by atoms with E-state index in [1.807, 2.05) is 0 Å². The van der Waals surface area contributed by atoms with Crippen LogP contribution in [0, 0.1) is 0 Å². The van der Waals surface area contributed by atoms with Crippen molar-refractivity contribution in [2.75, 3.05) is 32.8 Å². The fraction of sp³-hybridized carbons (Fsp3) is 0.500. The minimum Gasteiger partial charge on any atom is -0.396 e. The summed E-state index contributed by atoms with van der Waals surface area (Å²) in [5.74, 6) is 0. The highest BCUT2D eigenvalue weighted by Gasteiger charge is 2.26. The van der Waals surface area contributed by atoms with Crippen LogP contribution in [-0.4, -0.2) is 58.7 Å². The van der Waals surface area contributed by atoms with Crippen molar-refractivity contribution in [3.63, 3.8) is 0 Å². The third-order valence-corrected chi connectivity index (χ3v) is 4.95. The second-order valence-electron chi connectivity index (χ2n) is 7.04. The monoisotopic (exact) mass is 327 g/mol. The van der Waals surface area contributed by atoms with Crippen LogP contribution in [-0.2, 0) is 6.54 Å². The SMILES string of the molecule is CC(C)=CCN1CCN(Cc2c[nH]c3ccccc23)C[C@H]1CCO. The van der Waals surface area contributed by atoms with Crippen molar-refractivity contribution in [1.29, 1.82) is 0 Å². The standard InChI is InChI=1S/C20H29N3O/c1-16(2)7-9-23-11-10-22(15-18(23)8-12-24)14-17-13-21-20-6-4-3-5-19(17)20/h3-7,13,18,21,24H,8-12,14-15H2,1-2H3/t18-/m1/s1. The van der Waals surface area contributed by atoms with Crippen molar-refractivity contribution in [3.8, 4) is 0 Å². The van der Waals surface area contributed by atoms with Crippen molar-refractivity contribution in [3.05, 3.63) is 47.7 Å². The molecular weight excluding hydrogens is 298 g/mol. The Morgan fingerprint density at radius 3 is 2.92 bits per heavy atom. The molecule has 1 aromatic heterocycles. The number of allylic oxidation sites excluding steroid dienone is 1. The molecule has 4 heteroatoms. The smallest absolute Gasteiger partial charge is 0.0457 e. The van der Waals surface area contributed by atoms with E-state index in [-0.39, 0.29) is 6.61 Å². The van der Waals surface area contributed by atoms with Gasteiger partial charge in [0.05, 0.1) is 0 Å². The highest BCUT2D eigenvalue weighted by Crippen LogP contribution is 2.21. The van der Waals surface area contributed by atoms with Gasteiger partial charge in [-0.05, 0) is 31.9 Å². The first-order valence-electron chi connectivity index (χ1n) is 8.93. The van der Waals surface area contributed by atoms with E-state index in [9.17, 15) is 5.11 Å². The van der Waals surface area contributed by atoms with Gasteiger partial charge in [0.2, 0.25) is 0 Å². The number of fused-ring (bicyclic) bond motifs is 1. The van der Waals surface area contributed by atoms with Gasteiger partial charge >= 0.3 is 0 Å². The molecule has 0 radical (unpaired) electrons. The van der Waals surface area contributed by atoms with Crippen molar-refractivity contribution in [2.24, 2.45) is 0 Å². The van der Waals surface area contributed by atoms with Crippen LogP contribution in [0.5, 0.6) is 0 Å². The van der Waals surface area contributed by atoms with E-state index in [2.05, 4.69) is 65.2 Å². The minimum atomic E-state index is 0.261. The molecule has 1 saturated heterocycles. The average Bonchev–Trinajstić information content (AvgIpc) is 2.97. The van der Waals surface area contributed by atoms with E-state index < -0.39 is 0 Å². The summed E-state index contributed by atoms with van der Waals surface area (Å²) in [7, 11) is 0. The molecule has 1 aliphatic rings. The summed E-state index contributed by atoms with van der Waals surface area (Å²) in [6, 6.07) is 8.93. The molecule has 1 fully saturated rings. The Bertz CT molecular complexity index is 687. The molecule has 130 valence electrons. The molecule has 0 unspecified atom stereocenters. The number of para-hydroxylation sites is 1. The molecule has 0 aliphatic carbocycles. The van der Waals surface area contributed by atoms with Gasteiger partial charge in [0.15, 0.2) is 0 Å². The lowest BCUT2D eigenvalue weighted by Gasteiger charge is -2.41. The van der Waals surface area contributed by atoms with Crippen LogP contribution in [0.2, 0.25) is 0 Å². The highest BCUT2D eigenvalue weighted by atomic mass is 16.3. The van der Waals surface area contributed by atoms with Crippen LogP contribution in [0.4, 0.5) is 0 Å². The number of aliphatic hydroxyl groups is 1. The second kappa shape index (κ2) is 7.97. The topological polar surface area (TPSA) is 42.5 Å². The number of aromatic nitrogens is 1. The number of rotatable bonds is 6. The highest BCUT2D eigenvalue weighted by molar-refractivity contribution is 5.82. The summed E-state index contributed by atoms with van der Waals surface area (Å²) in [5.41, 5.74) is 3.94. The summed E-state index contributed by atoms with van der Waals surface area (Å²) < 4.78 is 0. The largest absolute Gasteiger partial charge is 0.396 e. The number of nitrogens with one attached hydrogen (secondary N) is 1. The fourth-order valence-corrected chi connectivity index (χ4v) is 3.57. The van der Waals surface area contributed by atoms with Crippen LogP contribution in [0.25, 0.3) is 10.9 Å². The summed E-state index contributed by atoms with van der Waals surface area (Å²) >= 11 is 0. The lowest BCUT2D eigenvalue weighted by Crippen LogP contribution is -2.53. The normalized spacial score (nSPS) is 19.7. The Morgan fingerprint density at radius 1 is 1.29 bits per heavy atom. The second-order valence-corrected chi connectivity index (χ2v) is 7.04. The Kier molecular flexibility index (Phi) is 5.72. The molecule has 2 aromatic rings. The Labute approximate surface area is 144 Å². The maximum Gasteiger partial charge on any atom is 0.0457 e. The molecule has 2 heterocycles. The number of hydrogen-bond acceptors (Lipinski definition) is 3. The van der Waals surface area contributed by atoms with Crippen LogP contribution >= 0.6 is 0 Å². The lowest BCUT2D eigenvalue weighted by molar-refractivity contribution is 0.0639. The van der Waals surface area contributed by atoms with Crippen molar-refractivity contribution in [2.45, 2.75) is 32.9 Å². The number of benzene rings is 1. The van der Waals surface area contributed by atoms with Gasteiger partial charge in [-0.15, -0.1) is 0 Å². The first-order chi connectivity index (χ1) is 11.7. The molecule has 0 amide bonds. The number of aliphatic hydroxyl groups excluding tert-OH is 1. The number of aromatic amines is 1. The molecule has 0 saturated carbocycles. The Morgan fingerprint density at radius 2 is 2.12 bits per heavy atom. The zero-order valence-corrected chi connectivity index (χ0v) is 14.8. The maximum absolute atomic E-state index is 9.43. The zero-order chi connectivity index (χ0) is 16.9. The number of piperazine rings is 1. The summed E-state index contributed by atoms with van der Waals surface area (Å²) in [4.78, 5) is 8.40. The van der Waals surface area contributed by atoms with Crippen molar-refractivity contribution < 1.29 is 5.11 Å². The third kappa shape index (κ3) is 4.07. The first kappa shape index (κ1) is 17.2. The molecule has 0 bridgehead atoms. The minimum absolute atomic E-state index is 0.261. The number of nitrogens with zero attached hydrogens (tertiary/aromatic N) is 2. The molecule has 1 aromatic carbocycles. The van der Waals surface area contributed by atoms with Gasteiger partial charge in [0.25, 0.3) is 0 Å². The Hall–Kier alpha value is -1.62. The van der Waals surface area contributed by atoms with E-state index in [4.69, 9.17) is 0 Å². The molecule has 24 heavy (non-hydrogen) atoms. The van der Waals surface area contributed by atoms with Crippen molar-refractivity contribution >= 4 is 10.9 Å². The molecular formula is C20H29N3O. The number of hydrogen-bond donors (Lipinski definition) is 2. The van der Waals surface area contributed by atoms with Crippen molar-refractivity contribution in [1.82, 2.24) is 14.8 Å². The zero-order valence-electron chi connectivity index (χ0n) is 14.8. The van der Waals surface area contributed by atoms with Gasteiger partial charge in [0, 0.05) is 62.5 Å². The van der Waals surface area contributed by atoms with Crippen LogP contribution in [0.3, 0.4) is 0 Å². The predicted molar refractivity (Wildman–Crippen MR) is 100 cm³/mol. The van der Waals surface area contributed by atoms with Crippen LogP contribution < -0.4 is 0 Å². The van der Waals surface area contributed by atoms with E-state index in [1.54, 1.807) is 0 Å². The van der Waals surface area contributed by atoms with Gasteiger partial charge in [-0.1, -0.05) is 29.8 Å². The first-order valence-corrected chi connectivity index (χ1v) is 8.93. The quantitative estimate of drug-likeness (QED) is 0.802. The van der Waals surface area contributed by atoms with Gasteiger partial charge in [-0.2, -0.15) is 0 Å². The fourth-order valence-electron chi connectivity index (χ4n) is 3.57. The van der Waals surface area contributed by atoms with Gasteiger partial charge < -0.3 is 10.1 Å². The van der Waals surface area contributed by atoms with E-state index >= 15 is 0 Å². The average molecular weight is 327 g/mol. The Balaban J connectivity index is 1.66. The summed E-state index contributed by atoms with van der Waals surface area (Å²) in [5, 5.41) is 10.8. The van der Waals surface area contributed by atoms with Gasteiger partial charge in [-0.25, -0.2) is 0 Å². The van der Waals surface area contributed by atoms with E-state index in [0.717, 1.165) is 39.1 Å². The maximum atomic E-state index is 9.43. The van der Waals surface area contributed by atoms with Gasteiger partial charge in [-0.3, -0.25) is 9.80 Å². The summed E-state index contributed by atoms with van der Waals surface area (Å²) in [6.45, 7) is 9.70. The number of H-pyrrole nitrogens is 1. The summed E-state index contributed by atoms with van der Waals surface area (Å²) in [6.07, 6.45) is 5.28. The molecule has 1 aliphatic heterocycles. The molecule has 3 rings (SSSR count). The van der Waals surface area contributed by atoms with Crippen LogP contribution in [0.1, 0.15) is 25.8 Å². The van der Waals surface area contributed by atoms with Gasteiger partial charge in [0.1, 0.15) is 0 Å². The third-order valence-electron chi connectivity index (χ3n) is 4.95. The molecule has 1 atom stereocenters. The lowest BCUT2D eigenvalue weighted by atomic mass is 10.1.